The van der Waals surface area contributed by atoms with E-state index in [1.54, 1.807) is 0 Å². The van der Waals surface area contributed by atoms with E-state index >= 15 is 0 Å². The second-order valence-corrected chi connectivity index (χ2v) is 15.1. The van der Waals surface area contributed by atoms with Crippen molar-refractivity contribution in [2.75, 3.05) is 6.66 Å². The van der Waals surface area contributed by atoms with E-state index in [0.29, 0.717) is 29.6 Å². The quantitative estimate of drug-likeness (QED) is 0.0908. The summed E-state index contributed by atoms with van der Waals surface area (Å²) in [5, 5.41) is 0. The van der Waals surface area contributed by atoms with Gasteiger partial charge in [-0.05, 0) is 88.5 Å². The monoisotopic (exact) mass is 836 g/mol. The van der Waals surface area contributed by atoms with Crippen molar-refractivity contribution in [1.82, 2.24) is 0 Å². The largest absolute Gasteiger partial charge is 0.0622 e. The molecule has 2 aliphatic rings. The Balaban J connectivity index is 0.000000496. The maximum absolute atomic E-state index is 4.49. The third-order valence-electron chi connectivity index (χ3n) is 9.62. The molecule has 0 saturated heterocycles. The smallest absolute Gasteiger partial charge is 0 e. The van der Waals surface area contributed by atoms with E-state index in [1.165, 1.54) is 62.1 Å². The molecular formula is C46H56ClFePPd. The molecule has 1 unspecified atom stereocenters. The Kier molecular flexibility index (Phi) is 21.4. The van der Waals surface area contributed by atoms with Gasteiger partial charge in [0, 0.05) is 17.1 Å². The first-order chi connectivity index (χ1) is 23.6. The Morgan fingerprint density at radius 3 is 0.780 bits per heavy atom. The molecule has 0 amide bonds. The van der Waals surface area contributed by atoms with Gasteiger partial charge in [-0.1, -0.05) is 185 Å². The number of rotatable bonds is 6. The van der Waals surface area contributed by atoms with Crippen LogP contribution in [0.2, 0.25) is 0 Å². The van der Waals surface area contributed by atoms with Crippen molar-refractivity contribution >= 4 is 18.1 Å². The molecule has 270 valence electrons. The summed E-state index contributed by atoms with van der Waals surface area (Å²) in [5.41, 5.74) is 8.25. The second kappa shape index (κ2) is 24.3. The van der Waals surface area contributed by atoms with Crippen molar-refractivity contribution in [3.63, 3.8) is 0 Å². The molecule has 0 radical (unpaired) electrons. The van der Waals surface area contributed by atoms with Crippen LogP contribution in [0.25, 0.3) is 0 Å². The fourth-order valence-electron chi connectivity index (χ4n) is 7.78. The van der Waals surface area contributed by atoms with Gasteiger partial charge in [0.25, 0.3) is 0 Å². The summed E-state index contributed by atoms with van der Waals surface area (Å²) in [6, 6.07) is 56.1. The Bertz CT molecular complexity index is 1270. The molecule has 50 heavy (non-hydrogen) atoms. The summed E-state index contributed by atoms with van der Waals surface area (Å²) >= 11 is 2.22. The molecule has 4 heteroatoms. The zero-order valence-corrected chi connectivity index (χ0v) is 34.8. The van der Waals surface area contributed by atoms with Gasteiger partial charge in [0.15, 0.2) is 0 Å². The molecule has 2 saturated carbocycles. The van der Waals surface area contributed by atoms with Crippen LogP contribution in [0.4, 0.5) is 0 Å². The molecule has 0 aliphatic heterocycles. The zero-order chi connectivity index (χ0) is 34.1. The van der Waals surface area contributed by atoms with Crippen LogP contribution in [0.5, 0.6) is 0 Å². The van der Waals surface area contributed by atoms with Gasteiger partial charge in [0.05, 0.1) is 0 Å². The van der Waals surface area contributed by atoms with Crippen molar-refractivity contribution < 1.29 is 35.2 Å². The van der Waals surface area contributed by atoms with Crippen molar-refractivity contribution in [3.8, 4) is 0 Å². The second-order valence-electron chi connectivity index (χ2n) is 13.7. The fraction of sp³-hybridized carbons (Fsp3) is 0.326. The van der Waals surface area contributed by atoms with Gasteiger partial charge >= 0.3 is 27.7 Å². The van der Waals surface area contributed by atoms with E-state index in [-0.39, 0.29) is 24.5 Å². The van der Waals surface area contributed by atoms with Crippen LogP contribution < -0.4 is 0 Å². The van der Waals surface area contributed by atoms with Crippen LogP contribution in [-0.4, -0.2) is 12.3 Å². The van der Waals surface area contributed by atoms with Crippen molar-refractivity contribution in [3.05, 3.63) is 187 Å². The molecule has 0 spiro atoms. The maximum atomic E-state index is 4.49. The number of halogens is 1. The fourth-order valence-corrected chi connectivity index (χ4v) is 8.77. The van der Waals surface area contributed by atoms with E-state index in [9.17, 15) is 0 Å². The van der Waals surface area contributed by atoms with Gasteiger partial charge in [0.2, 0.25) is 0 Å². The van der Waals surface area contributed by atoms with E-state index in [2.05, 4.69) is 207 Å². The Hall–Kier alpha value is -2.00. The SMILES string of the molecule is CC(C)C.CPC1CCCC1.[CH3-].[Cl][Pd+].[Fe].c1ccc(C2C(c3ccccc3)C(c3ccccc3)C(c3ccccc3)C2c2ccccc2)cc1. The van der Waals surface area contributed by atoms with Crippen LogP contribution in [-0.2, 0) is 35.2 Å². The van der Waals surface area contributed by atoms with Crippen molar-refractivity contribution in [2.24, 2.45) is 5.92 Å². The first-order valence-corrected chi connectivity index (χ1v) is 21.2. The summed E-state index contributed by atoms with van der Waals surface area (Å²) < 4.78 is 0. The molecule has 2 aliphatic carbocycles. The molecule has 7 rings (SSSR count). The van der Waals surface area contributed by atoms with Crippen LogP contribution in [0, 0.1) is 13.3 Å². The molecule has 0 bridgehead atoms. The van der Waals surface area contributed by atoms with Crippen molar-refractivity contribution in [1.29, 1.82) is 0 Å². The summed E-state index contributed by atoms with van der Waals surface area (Å²) in [6.45, 7) is 8.83. The summed E-state index contributed by atoms with van der Waals surface area (Å²) in [7, 11) is 5.70. The third kappa shape index (κ3) is 12.3. The number of hydrogen-bond donors (Lipinski definition) is 0. The van der Waals surface area contributed by atoms with E-state index in [0.717, 1.165) is 11.6 Å². The van der Waals surface area contributed by atoms with Gasteiger partial charge in [-0.3, -0.25) is 0 Å². The molecule has 1 atom stereocenters. The maximum Gasteiger partial charge on any atom is 0 e. The van der Waals surface area contributed by atoms with Crippen LogP contribution in [0.15, 0.2) is 152 Å². The van der Waals surface area contributed by atoms with Crippen molar-refractivity contribution in [2.45, 2.75) is 81.7 Å². The van der Waals surface area contributed by atoms with Crippen LogP contribution in [0.3, 0.4) is 0 Å². The van der Waals surface area contributed by atoms with Crippen LogP contribution >= 0.6 is 18.1 Å². The van der Waals surface area contributed by atoms with Gasteiger partial charge in [-0.25, -0.2) is 0 Å². The molecule has 0 heterocycles. The molecule has 0 aromatic heterocycles. The molecule has 5 aromatic carbocycles. The Labute approximate surface area is 332 Å². The summed E-state index contributed by atoms with van der Waals surface area (Å²) in [5.74, 6) is 2.62. The average Bonchev–Trinajstić information content (AvgIpc) is 3.81. The Morgan fingerprint density at radius 2 is 0.640 bits per heavy atom. The van der Waals surface area contributed by atoms with E-state index in [4.69, 9.17) is 0 Å². The normalized spacial score (nSPS) is 21.0. The first-order valence-electron chi connectivity index (χ1n) is 17.6. The molecule has 5 aromatic rings. The molecule has 0 N–H and O–H groups in total. The Morgan fingerprint density at radius 1 is 0.460 bits per heavy atom. The predicted octanol–water partition coefficient (Wildman–Crippen LogP) is 14.0. The summed E-state index contributed by atoms with van der Waals surface area (Å²) in [4.78, 5) is 0. The minimum atomic E-state index is 0. The van der Waals surface area contributed by atoms with Gasteiger partial charge < -0.3 is 7.43 Å². The number of benzene rings is 5. The topological polar surface area (TPSA) is 0 Å². The zero-order valence-electron chi connectivity index (χ0n) is 30.4. The summed E-state index contributed by atoms with van der Waals surface area (Å²) in [6.07, 6.45) is 6.06. The average molecular weight is 838 g/mol. The number of hydrogen-bond acceptors (Lipinski definition) is 0. The molecular weight excluding hydrogens is 781 g/mol. The van der Waals surface area contributed by atoms with Crippen LogP contribution in [0.1, 0.15) is 104 Å². The van der Waals surface area contributed by atoms with Gasteiger partial charge in [-0.15, -0.1) is 8.58 Å². The van der Waals surface area contributed by atoms with Gasteiger partial charge in [-0.2, -0.15) is 0 Å². The predicted molar refractivity (Wildman–Crippen MR) is 215 cm³/mol. The molecule has 2 fully saturated rings. The molecule has 0 nitrogen and oxygen atoms in total. The van der Waals surface area contributed by atoms with Gasteiger partial charge in [0.1, 0.15) is 0 Å². The van der Waals surface area contributed by atoms with E-state index < -0.39 is 0 Å². The first kappa shape index (κ1) is 44.2. The van der Waals surface area contributed by atoms with E-state index in [1.807, 2.05) is 0 Å². The third-order valence-corrected chi connectivity index (χ3v) is 11.0. The standard InChI is InChI=1S/C35H30.C6H13P.C4H10.CH3.ClH.Fe.Pd/c1-6-16-26(17-7-1)31-32(27-18-8-2-9-19-27)34(29-22-12-4-13-23-29)35(30-24-14-5-15-25-30)33(31)28-20-10-3-11-21-28;1-7-6-4-2-3-5-6;1-4(2)3;;;;/h1-25,31-35H;6-7H,2-5H2,1H3;4H,1-3H3;1H3;1H;;/q;;;-1;;;+2/p-1. The minimum Gasteiger partial charge on any atom is -0.0622 e. The minimum absolute atomic E-state index is 0.